The number of hydrogen-bond donors (Lipinski definition) is 0. The Balaban J connectivity index is 1.74. The molecule has 0 aliphatic carbocycles. The van der Waals surface area contributed by atoms with Crippen LogP contribution in [0.2, 0.25) is 0 Å². The highest BCUT2D eigenvalue weighted by molar-refractivity contribution is 8.00. The van der Waals surface area contributed by atoms with Gasteiger partial charge in [-0.15, -0.1) is 11.3 Å². The molecule has 0 radical (unpaired) electrons. The van der Waals surface area contributed by atoms with Crippen LogP contribution in [0.15, 0.2) is 51.7 Å². The van der Waals surface area contributed by atoms with Crippen molar-refractivity contribution in [2.45, 2.75) is 23.2 Å². The molecule has 7 heteroatoms. The molecular formula is C19H19N3O2S2. The van der Waals surface area contributed by atoms with Crippen LogP contribution in [0.3, 0.4) is 0 Å². The quantitative estimate of drug-likeness (QED) is 0.510. The summed E-state index contributed by atoms with van der Waals surface area (Å²) in [5, 5.41) is 2.04. The second kappa shape index (κ2) is 7.25. The minimum absolute atomic E-state index is 0.0621. The van der Waals surface area contributed by atoms with Gasteiger partial charge in [0.05, 0.1) is 5.52 Å². The highest BCUT2D eigenvalue weighted by atomic mass is 32.2. The molecule has 1 saturated heterocycles. The van der Waals surface area contributed by atoms with Gasteiger partial charge in [0.2, 0.25) is 5.91 Å². The van der Waals surface area contributed by atoms with Crippen LogP contribution in [-0.2, 0) is 11.8 Å². The van der Waals surface area contributed by atoms with Crippen molar-refractivity contribution in [2.75, 3.05) is 13.1 Å². The Kier molecular flexibility index (Phi) is 4.82. The van der Waals surface area contributed by atoms with Crippen LogP contribution in [0.5, 0.6) is 0 Å². The fourth-order valence-electron chi connectivity index (χ4n) is 3.17. The van der Waals surface area contributed by atoms with Crippen LogP contribution in [0, 0.1) is 0 Å². The molecule has 0 bridgehead atoms. The monoisotopic (exact) mass is 385 g/mol. The first-order valence-corrected chi connectivity index (χ1v) is 10.4. The molecule has 1 amide bonds. The molecule has 4 rings (SSSR count). The molecule has 26 heavy (non-hydrogen) atoms. The second-order valence-electron chi connectivity index (χ2n) is 6.33. The van der Waals surface area contributed by atoms with Gasteiger partial charge in [0.1, 0.15) is 9.95 Å². The zero-order valence-corrected chi connectivity index (χ0v) is 16.1. The SMILES string of the molecule is Cn1c(SC(C(=O)N2CCCC2)c2ccccc2)nc2ccsc2c1=O. The van der Waals surface area contributed by atoms with Gasteiger partial charge in [-0.1, -0.05) is 42.1 Å². The van der Waals surface area contributed by atoms with Crippen molar-refractivity contribution in [1.29, 1.82) is 0 Å². The number of hydrogen-bond acceptors (Lipinski definition) is 5. The van der Waals surface area contributed by atoms with Gasteiger partial charge in [-0.05, 0) is 29.9 Å². The molecule has 0 saturated carbocycles. The third-order valence-electron chi connectivity index (χ3n) is 4.61. The molecule has 0 spiro atoms. The van der Waals surface area contributed by atoms with E-state index in [1.165, 1.54) is 23.1 Å². The van der Waals surface area contributed by atoms with Crippen LogP contribution >= 0.6 is 23.1 Å². The van der Waals surface area contributed by atoms with Crippen LogP contribution < -0.4 is 5.56 Å². The lowest BCUT2D eigenvalue weighted by Gasteiger charge is -2.23. The lowest BCUT2D eigenvalue weighted by molar-refractivity contribution is -0.129. The zero-order valence-electron chi connectivity index (χ0n) is 14.4. The Labute approximate surface area is 159 Å². The van der Waals surface area contributed by atoms with Crippen molar-refractivity contribution in [3.8, 4) is 0 Å². The Morgan fingerprint density at radius 2 is 1.92 bits per heavy atom. The van der Waals surface area contributed by atoms with Crippen LogP contribution in [0.1, 0.15) is 23.7 Å². The van der Waals surface area contributed by atoms with E-state index in [9.17, 15) is 9.59 Å². The average molecular weight is 386 g/mol. The molecule has 0 N–H and O–H groups in total. The number of carbonyl (C=O) groups is 1. The minimum Gasteiger partial charge on any atom is -0.341 e. The van der Waals surface area contributed by atoms with E-state index in [0.29, 0.717) is 15.4 Å². The summed E-state index contributed by atoms with van der Waals surface area (Å²) in [4.78, 5) is 32.3. The summed E-state index contributed by atoms with van der Waals surface area (Å²) >= 11 is 2.76. The summed E-state index contributed by atoms with van der Waals surface area (Å²) in [6.07, 6.45) is 2.10. The highest BCUT2D eigenvalue weighted by Gasteiger charge is 2.30. The maximum absolute atomic E-state index is 13.2. The molecular weight excluding hydrogens is 366 g/mol. The van der Waals surface area contributed by atoms with Gasteiger partial charge in [0, 0.05) is 20.1 Å². The first-order chi connectivity index (χ1) is 12.6. The van der Waals surface area contributed by atoms with E-state index >= 15 is 0 Å². The van der Waals surface area contributed by atoms with Gasteiger partial charge >= 0.3 is 0 Å². The lowest BCUT2D eigenvalue weighted by Crippen LogP contribution is -2.32. The molecule has 1 aromatic carbocycles. The maximum Gasteiger partial charge on any atom is 0.271 e. The molecule has 134 valence electrons. The van der Waals surface area contributed by atoms with Crippen molar-refractivity contribution in [3.05, 3.63) is 57.7 Å². The number of nitrogens with zero attached hydrogens (tertiary/aromatic N) is 3. The van der Waals surface area contributed by atoms with Crippen LogP contribution in [0.4, 0.5) is 0 Å². The molecule has 1 atom stereocenters. The van der Waals surface area contributed by atoms with E-state index in [-0.39, 0.29) is 11.5 Å². The predicted molar refractivity (Wildman–Crippen MR) is 106 cm³/mol. The maximum atomic E-state index is 13.2. The molecule has 1 aliphatic rings. The first-order valence-electron chi connectivity index (χ1n) is 8.60. The van der Waals surface area contributed by atoms with Gasteiger partial charge in [-0.2, -0.15) is 0 Å². The standard InChI is InChI=1S/C19H19N3O2S2/c1-21-17(23)16-14(9-12-25-16)20-19(21)26-15(13-7-3-2-4-8-13)18(24)22-10-5-6-11-22/h2-4,7-9,12,15H,5-6,10-11H2,1H3. The van der Waals surface area contributed by atoms with E-state index in [4.69, 9.17) is 0 Å². The topological polar surface area (TPSA) is 55.2 Å². The first kappa shape index (κ1) is 17.3. The van der Waals surface area contributed by atoms with Gasteiger partial charge in [0.15, 0.2) is 5.16 Å². The number of carbonyl (C=O) groups excluding carboxylic acids is 1. The largest absolute Gasteiger partial charge is 0.341 e. The van der Waals surface area contributed by atoms with Crippen molar-refractivity contribution >= 4 is 39.2 Å². The Morgan fingerprint density at radius 3 is 2.65 bits per heavy atom. The molecule has 3 aromatic rings. The second-order valence-corrected chi connectivity index (χ2v) is 8.32. The van der Waals surface area contributed by atoms with E-state index in [1.807, 2.05) is 46.7 Å². The minimum atomic E-state index is -0.400. The average Bonchev–Trinajstić information content (AvgIpc) is 3.35. The van der Waals surface area contributed by atoms with Crippen LogP contribution in [-0.4, -0.2) is 33.4 Å². The van der Waals surface area contributed by atoms with Gasteiger partial charge in [-0.3, -0.25) is 14.2 Å². The smallest absolute Gasteiger partial charge is 0.271 e. The number of thiophene rings is 1. The highest BCUT2D eigenvalue weighted by Crippen LogP contribution is 2.36. The summed E-state index contributed by atoms with van der Waals surface area (Å²) in [7, 11) is 1.72. The molecule has 5 nitrogen and oxygen atoms in total. The Morgan fingerprint density at radius 1 is 1.19 bits per heavy atom. The normalized spacial score (nSPS) is 15.5. The molecule has 2 aromatic heterocycles. The summed E-state index contributed by atoms with van der Waals surface area (Å²) in [5.41, 5.74) is 1.57. The number of benzene rings is 1. The van der Waals surface area contributed by atoms with E-state index in [0.717, 1.165) is 31.5 Å². The number of fused-ring (bicyclic) bond motifs is 1. The van der Waals surface area contributed by atoms with Gasteiger partial charge < -0.3 is 4.90 Å². The number of thioether (sulfide) groups is 1. The van der Waals surface area contributed by atoms with E-state index < -0.39 is 5.25 Å². The molecule has 1 fully saturated rings. The van der Waals surface area contributed by atoms with E-state index in [1.54, 1.807) is 11.6 Å². The number of amides is 1. The molecule has 1 aliphatic heterocycles. The molecule has 3 heterocycles. The molecule has 1 unspecified atom stereocenters. The van der Waals surface area contributed by atoms with Gasteiger partial charge in [0.25, 0.3) is 5.56 Å². The summed E-state index contributed by atoms with van der Waals surface area (Å²) < 4.78 is 2.20. The summed E-state index contributed by atoms with van der Waals surface area (Å²) in [5.74, 6) is 0.0957. The lowest BCUT2D eigenvalue weighted by atomic mass is 10.1. The summed E-state index contributed by atoms with van der Waals surface area (Å²) in [6.45, 7) is 1.61. The fourth-order valence-corrected chi connectivity index (χ4v) is 5.12. The Hall–Kier alpha value is -2.12. The number of rotatable bonds is 4. The van der Waals surface area contributed by atoms with Crippen LogP contribution in [0.25, 0.3) is 10.2 Å². The third kappa shape index (κ3) is 3.17. The van der Waals surface area contributed by atoms with Crippen molar-refractivity contribution < 1.29 is 4.79 Å². The summed E-state index contributed by atoms with van der Waals surface area (Å²) in [6, 6.07) is 11.6. The van der Waals surface area contributed by atoms with Gasteiger partial charge in [-0.25, -0.2) is 4.98 Å². The zero-order chi connectivity index (χ0) is 18.1. The van der Waals surface area contributed by atoms with Crippen molar-refractivity contribution in [3.63, 3.8) is 0 Å². The fraction of sp³-hybridized carbons (Fsp3) is 0.316. The Bertz CT molecular complexity index is 991. The predicted octanol–water partition coefficient (Wildman–Crippen LogP) is 3.45. The third-order valence-corrected chi connectivity index (χ3v) is 6.79. The number of likely N-dealkylation sites (tertiary alicyclic amines) is 1. The van der Waals surface area contributed by atoms with Crippen molar-refractivity contribution in [2.24, 2.45) is 7.05 Å². The number of aromatic nitrogens is 2. The van der Waals surface area contributed by atoms with Crippen molar-refractivity contribution in [1.82, 2.24) is 14.5 Å². The van der Waals surface area contributed by atoms with E-state index in [2.05, 4.69) is 4.98 Å².